The standard InChI is InChI=1S/C20H14N6O3/c21-12-14-6-4-5-9-16(14)23-17(27)13-26-20(28)25-11-10-22-19(18(25)24-26)29-15-7-2-1-3-8-15/h1-11H,13H2,(H,23,27). The normalized spacial score (nSPS) is 10.4. The van der Waals surface area contributed by atoms with Gasteiger partial charge in [-0.05, 0) is 24.3 Å². The van der Waals surface area contributed by atoms with Gasteiger partial charge in [-0.2, -0.15) is 5.26 Å². The Morgan fingerprint density at radius 1 is 1.14 bits per heavy atom. The van der Waals surface area contributed by atoms with E-state index in [0.717, 1.165) is 4.68 Å². The molecule has 9 nitrogen and oxygen atoms in total. The van der Waals surface area contributed by atoms with Crippen molar-refractivity contribution in [1.29, 1.82) is 5.26 Å². The molecule has 0 atom stereocenters. The molecule has 29 heavy (non-hydrogen) atoms. The lowest BCUT2D eigenvalue weighted by molar-refractivity contribution is -0.117. The Hall–Kier alpha value is -4.45. The Morgan fingerprint density at radius 2 is 1.90 bits per heavy atom. The highest BCUT2D eigenvalue weighted by atomic mass is 16.5. The molecular weight excluding hydrogens is 372 g/mol. The highest BCUT2D eigenvalue weighted by molar-refractivity contribution is 5.91. The maximum atomic E-state index is 12.6. The van der Waals surface area contributed by atoms with E-state index in [2.05, 4.69) is 15.4 Å². The molecule has 0 fully saturated rings. The third-order valence-electron chi connectivity index (χ3n) is 4.04. The van der Waals surface area contributed by atoms with E-state index in [1.54, 1.807) is 36.4 Å². The number of carbonyl (C=O) groups is 1. The molecule has 142 valence electrons. The van der Waals surface area contributed by atoms with Crippen molar-refractivity contribution in [2.24, 2.45) is 0 Å². The lowest BCUT2D eigenvalue weighted by Crippen LogP contribution is -2.28. The van der Waals surface area contributed by atoms with E-state index >= 15 is 0 Å². The monoisotopic (exact) mass is 386 g/mol. The Bertz CT molecular complexity index is 1290. The van der Waals surface area contributed by atoms with Gasteiger partial charge in [0.05, 0.1) is 11.3 Å². The number of para-hydroxylation sites is 2. The van der Waals surface area contributed by atoms with Gasteiger partial charge in [0, 0.05) is 12.4 Å². The molecule has 0 unspecified atom stereocenters. The Kier molecular flexibility index (Phi) is 4.74. The first-order chi connectivity index (χ1) is 14.2. The van der Waals surface area contributed by atoms with Crippen molar-refractivity contribution in [2.45, 2.75) is 6.54 Å². The molecule has 0 saturated carbocycles. The number of amides is 1. The van der Waals surface area contributed by atoms with Crippen molar-refractivity contribution >= 4 is 17.2 Å². The predicted molar refractivity (Wildman–Crippen MR) is 104 cm³/mol. The maximum Gasteiger partial charge on any atom is 0.351 e. The largest absolute Gasteiger partial charge is 0.436 e. The molecule has 2 aromatic carbocycles. The second-order valence-electron chi connectivity index (χ2n) is 5.99. The highest BCUT2D eigenvalue weighted by Gasteiger charge is 2.16. The number of rotatable bonds is 5. The van der Waals surface area contributed by atoms with E-state index in [4.69, 9.17) is 10.00 Å². The summed E-state index contributed by atoms with van der Waals surface area (Å²) >= 11 is 0. The van der Waals surface area contributed by atoms with Crippen LogP contribution in [-0.2, 0) is 11.3 Å². The molecule has 2 heterocycles. The predicted octanol–water partition coefficient (Wildman–Crippen LogP) is 2.19. The molecule has 0 bridgehead atoms. The number of hydrogen-bond donors (Lipinski definition) is 1. The molecule has 0 radical (unpaired) electrons. The zero-order chi connectivity index (χ0) is 20.2. The smallest absolute Gasteiger partial charge is 0.351 e. The van der Waals surface area contributed by atoms with Crippen molar-refractivity contribution in [3.05, 3.63) is 83.0 Å². The molecule has 1 amide bonds. The zero-order valence-electron chi connectivity index (χ0n) is 15.0. The first-order valence-corrected chi connectivity index (χ1v) is 8.62. The third-order valence-corrected chi connectivity index (χ3v) is 4.04. The van der Waals surface area contributed by atoms with Crippen molar-refractivity contribution < 1.29 is 9.53 Å². The number of nitrogens with one attached hydrogen (secondary N) is 1. The maximum absolute atomic E-state index is 12.6. The summed E-state index contributed by atoms with van der Waals surface area (Å²) in [5, 5.41) is 15.9. The van der Waals surface area contributed by atoms with Crippen molar-refractivity contribution in [2.75, 3.05) is 5.32 Å². The average molecular weight is 386 g/mol. The summed E-state index contributed by atoms with van der Waals surface area (Å²) in [5.41, 5.74) is 0.369. The van der Waals surface area contributed by atoms with Gasteiger partial charge in [0.1, 0.15) is 18.4 Å². The summed E-state index contributed by atoms with van der Waals surface area (Å²) in [5.74, 6) is 0.197. The van der Waals surface area contributed by atoms with Crippen LogP contribution in [0.5, 0.6) is 11.6 Å². The number of nitrogens with zero attached hydrogens (tertiary/aromatic N) is 5. The minimum atomic E-state index is -0.510. The van der Waals surface area contributed by atoms with E-state index in [1.165, 1.54) is 16.8 Å². The van der Waals surface area contributed by atoms with Gasteiger partial charge in [-0.15, -0.1) is 5.10 Å². The number of aromatic nitrogens is 4. The van der Waals surface area contributed by atoms with Gasteiger partial charge in [0.25, 0.3) is 5.88 Å². The molecule has 0 saturated heterocycles. The van der Waals surface area contributed by atoms with Crippen molar-refractivity contribution in [1.82, 2.24) is 19.2 Å². The summed E-state index contributed by atoms with van der Waals surface area (Å²) in [6.45, 7) is -0.328. The van der Waals surface area contributed by atoms with Crippen LogP contribution in [0, 0.1) is 11.3 Å². The minimum Gasteiger partial charge on any atom is -0.436 e. The molecule has 0 spiro atoms. The van der Waals surface area contributed by atoms with Crippen LogP contribution in [0.15, 0.2) is 71.8 Å². The fourth-order valence-electron chi connectivity index (χ4n) is 2.72. The zero-order valence-corrected chi connectivity index (χ0v) is 15.0. The van der Waals surface area contributed by atoms with Gasteiger partial charge in [0.2, 0.25) is 11.6 Å². The molecular formula is C20H14N6O3. The lowest BCUT2D eigenvalue weighted by Gasteiger charge is -2.06. The molecule has 9 heteroatoms. The fraction of sp³-hybridized carbons (Fsp3) is 0.0500. The van der Waals surface area contributed by atoms with Crippen LogP contribution in [0.1, 0.15) is 5.56 Å². The van der Waals surface area contributed by atoms with Crippen LogP contribution in [0.2, 0.25) is 0 Å². The van der Waals surface area contributed by atoms with Gasteiger partial charge in [-0.3, -0.25) is 4.79 Å². The number of carbonyl (C=O) groups excluding carboxylic acids is 1. The summed E-state index contributed by atoms with van der Waals surface area (Å²) in [4.78, 5) is 29.1. The molecule has 0 aliphatic carbocycles. The lowest BCUT2D eigenvalue weighted by atomic mass is 10.2. The van der Waals surface area contributed by atoms with Crippen molar-refractivity contribution in [3.8, 4) is 17.7 Å². The quantitative estimate of drug-likeness (QED) is 0.562. The van der Waals surface area contributed by atoms with Crippen LogP contribution in [0.3, 0.4) is 0 Å². The summed E-state index contributed by atoms with van der Waals surface area (Å²) < 4.78 is 7.97. The van der Waals surface area contributed by atoms with E-state index in [9.17, 15) is 9.59 Å². The molecule has 0 aliphatic rings. The first-order valence-electron chi connectivity index (χ1n) is 8.62. The first kappa shape index (κ1) is 17.9. The molecule has 0 aliphatic heterocycles. The summed E-state index contributed by atoms with van der Waals surface area (Å²) in [6, 6.07) is 17.6. The summed E-state index contributed by atoms with van der Waals surface area (Å²) in [7, 11) is 0. The van der Waals surface area contributed by atoms with Gasteiger partial charge < -0.3 is 10.1 Å². The van der Waals surface area contributed by atoms with Crippen LogP contribution in [0.4, 0.5) is 5.69 Å². The van der Waals surface area contributed by atoms with E-state index in [-0.39, 0.29) is 18.1 Å². The number of hydrogen-bond acceptors (Lipinski definition) is 6. The second kappa shape index (κ2) is 7.66. The number of ether oxygens (including phenoxy) is 1. The number of nitriles is 1. The van der Waals surface area contributed by atoms with E-state index in [1.807, 2.05) is 24.3 Å². The third kappa shape index (κ3) is 3.68. The van der Waals surface area contributed by atoms with Crippen LogP contribution < -0.4 is 15.7 Å². The van der Waals surface area contributed by atoms with Gasteiger partial charge in [0.15, 0.2) is 0 Å². The highest BCUT2D eigenvalue weighted by Crippen LogP contribution is 2.21. The molecule has 2 aromatic heterocycles. The Labute approximate surface area is 164 Å². The average Bonchev–Trinajstić information content (AvgIpc) is 3.06. The number of fused-ring (bicyclic) bond motifs is 1. The fourth-order valence-corrected chi connectivity index (χ4v) is 2.72. The summed E-state index contributed by atoms with van der Waals surface area (Å²) in [6.07, 6.45) is 2.86. The van der Waals surface area contributed by atoms with Crippen LogP contribution in [0.25, 0.3) is 5.65 Å². The van der Waals surface area contributed by atoms with Crippen molar-refractivity contribution in [3.63, 3.8) is 0 Å². The number of benzene rings is 2. The van der Waals surface area contributed by atoms with Gasteiger partial charge in [-0.25, -0.2) is 18.9 Å². The number of anilines is 1. The molecule has 4 aromatic rings. The topological polar surface area (TPSA) is 114 Å². The second-order valence-corrected chi connectivity index (χ2v) is 5.99. The van der Waals surface area contributed by atoms with Gasteiger partial charge >= 0.3 is 5.69 Å². The molecule has 4 rings (SSSR count). The Morgan fingerprint density at radius 3 is 2.69 bits per heavy atom. The van der Waals surface area contributed by atoms with E-state index < -0.39 is 11.6 Å². The SMILES string of the molecule is N#Cc1ccccc1NC(=O)Cn1nc2c(Oc3ccccc3)nccn2c1=O. The van der Waals surface area contributed by atoms with E-state index in [0.29, 0.717) is 17.0 Å². The van der Waals surface area contributed by atoms with Crippen LogP contribution >= 0.6 is 0 Å². The molecule has 1 N–H and O–H groups in total. The van der Waals surface area contributed by atoms with Gasteiger partial charge in [-0.1, -0.05) is 30.3 Å². The van der Waals surface area contributed by atoms with Crippen LogP contribution in [-0.4, -0.2) is 25.1 Å². The Balaban J connectivity index is 1.61. The minimum absolute atomic E-state index is 0.143.